The Morgan fingerprint density at radius 2 is 2.13 bits per heavy atom. The number of aromatic nitrogens is 3. The summed E-state index contributed by atoms with van der Waals surface area (Å²) >= 11 is 3.65. The normalized spacial score (nSPS) is 10.9. The van der Waals surface area contributed by atoms with Crippen LogP contribution in [0.15, 0.2) is 5.16 Å². The predicted octanol–water partition coefficient (Wildman–Crippen LogP) is 1.60. The van der Waals surface area contributed by atoms with E-state index < -0.39 is 0 Å². The van der Waals surface area contributed by atoms with Gasteiger partial charge in [-0.3, -0.25) is 0 Å². The van der Waals surface area contributed by atoms with Crippen molar-refractivity contribution in [1.82, 2.24) is 14.8 Å². The maximum atomic E-state index is 5.58. The van der Waals surface area contributed by atoms with E-state index in [4.69, 9.17) is 5.73 Å². The maximum Gasteiger partial charge on any atom is 0.191 e. The van der Waals surface area contributed by atoms with Gasteiger partial charge in [-0.05, 0) is 25.4 Å². The Labute approximate surface area is 99.4 Å². The number of thioether (sulfide) groups is 2. The van der Waals surface area contributed by atoms with Gasteiger partial charge >= 0.3 is 0 Å². The van der Waals surface area contributed by atoms with E-state index in [1.807, 2.05) is 11.8 Å². The lowest BCUT2D eigenvalue weighted by Crippen LogP contribution is -2.08. The van der Waals surface area contributed by atoms with Crippen LogP contribution in [0.4, 0.5) is 0 Å². The summed E-state index contributed by atoms with van der Waals surface area (Å²) in [6.07, 6.45) is 3.34. The highest BCUT2D eigenvalue weighted by molar-refractivity contribution is 7.99. The van der Waals surface area contributed by atoms with Gasteiger partial charge in [0.1, 0.15) is 5.82 Å². The van der Waals surface area contributed by atoms with Gasteiger partial charge in [-0.25, -0.2) is 0 Å². The first-order valence-electron chi connectivity index (χ1n) is 5.07. The van der Waals surface area contributed by atoms with Crippen molar-refractivity contribution in [2.45, 2.75) is 31.6 Å². The first-order chi connectivity index (χ1) is 7.33. The average molecular weight is 246 g/mol. The third-order valence-electron chi connectivity index (χ3n) is 2.02. The van der Waals surface area contributed by atoms with Crippen LogP contribution >= 0.6 is 23.5 Å². The van der Waals surface area contributed by atoms with Gasteiger partial charge < -0.3 is 10.3 Å². The highest BCUT2D eigenvalue weighted by Gasteiger charge is 2.08. The smallest absolute Gasteiger partial charge is 0.191 e. The molecule has 0 radical (unpaired) electrons. The van der Waals surface area contributed by atoms with Crippen molar-refractivity contribution < 1.29 is 0 Å². The van der Waals surface area contributed by atoms with Crippen LogP contribution in [0.25, 0.3) is 0 Å². The summed E-state index contributed by atoms with van der Waals surface area (Å²) < 4.78 is 2.09. The monoisotopic (exact) mass is 246 g/mol. The Kier molecular flexibility index (Phi) is 6.12. The molecule has 0 atom stereocenters. The van der Waals surface area contributed by atoms with E-state index >= 15 is 0 Å². The minimum absolute atomic E-state index is 0.464. The van der Waals surface area contributed by atoms with Crippen LogP contribution in [0.3, 0.4) is 0 Å². The van der Waals surface area contributed by atoms with Gasteiger partial charge in [0, 0.05) is 12.3 Å². The molecule has 2 N–H and O–H groups in total. The zero-order valence-corrected chi connectivity index (χ0v) is 10.9. The highest BCUT2D eigenvalue weighted by Crippen LogP contribution is 2.18. The molecular weight excluding hydrogens is 228 g/mol. The predicted molar refractivity (Wildman–Crippen MR) is 67.3 cm³/mol. The molecule has 1 aromatic rings. The quantitative estimate of drug-likeness (QED) is 0.585. The molecule has 1 heterocycles. The van der Waals surface area contributed by atoms with Crippen LogP contribution < -0.4 is 5.73 Å². The topological polar surface area (TPSA) is 56.7 Å². The minimum atomic E-state index is 0.464. The van der Waals surface area contributed by atoms with Crippen molar-refractivity contribution in [1.29, 1.82) is 0 Å². The average Bonchev–Trinajstić information content (AvgIpc) is 2.66. The molecule has 4 nitrogen and oxygen atoms in total. The molecule has 0 spiro atoms. The Bertz CT molecular complexity index is 288. The fourth-order valence-corrected chi connectivity index (χ4v) is 2.84. The molecular formula is C9H18N4S2. The van der Waals surface area contributed by atoms with Gasteiger partial charge in [-0.2, -0.15) is 11.8 Å². The van der Waals surface area contributed by atoms with E-state index in [0.717, 1.165) is 23.3 Å². The van der Waals surface area contributed by atoms with Crippen molar-refractivity contribution in [3.05, 3.63) is 5.82 Å². The van der Waals surface area contributed by atoms with Crippen molar-refractivity contribution >= 4 is 23.5 Å². The van der Waals surface area contributed by atoms with Gasteiger partial charge in [-0.15, -0.1) is 10.2 Å². The minimum Gasteiger partial charge on any atom is -0.324 e. The first-order valence-corrected chi connectivity index (χ1v) is 7.45. The summed E-state index contributed by atoms with van der Waals surface area (Å²) in [6.45, 7) is 3.45. The third kappa shape index (κ3) is 3.70. The molecule has 0 unspecified atom stereocenters. The van der Waals surface area contributed by atoms with E-state index in [-0.39, 0.29) is 0 Å². The fraction of sp³-hybridized carbons (Fsp3) is 0.778. The fourth-order valence-electron chi connectivity index (χ4n) is 1.26. The van der Waals surface area contributed by atoms with Crippen molar-refractivity contribution in [3.63, 3.8) is 0 Å². The number of nitrogens with zero attached hydrogens (tertiary/aromatic N) is 3. The highest BCUT2D eigenvalue weighted by atomic mass is 32.2. The SMILES string of the molecule is CCn1c(CN)nnc1SCCCSC. The first kappa shape index (κ1) is 12.9. The molecule has 0 bridgehead atoms. The van der Waals surface area contributed by atoms with Crippen LogP contribution in [0, 0.1) is 0 Å². The summed E-state index contributed by atoms with van der Waals surface area (Å²) in [5.74, 6) is 3.19. The van der Waals surface area contributed by atoms with Crippen molar-refractivity contribution in [3.8, 4) is 0 Å². The standard InChI is InChI=1S/C9H18N4S2/c1-3-13-8(7-10)11-12-9(13)15-6-4-5-14-2/h3-7,10H2,1-2H3. The van der Waals surface area contributed by atoms with Gasteiger partial charge in [0.05, 0.1) is 6.54 Å². The molecule has 86 valence electrons. The van der Waals surface area contributed by atoms with Gasteiger partial charge in [0.25, 0.3) is 0 Å². The lowest BCUT2D eigenvalue weighted by Gasteiger charge is -2.05. The van der Waals surface area contributed by atoms with Gasteiger partial charge in [0.2, 0.25) is 0 Å². The second-order valence-electron chi connectivity index (χ2n) is 3.04. The molecule has 0 aliphatic carbocycles. The summed E-state index contributed by atoms with van der Waals surface area (Å²) in [7, 11) is 0. The summed E-state index contributed by atoms with van der Waals surface area (Å²) in [5, 5.41) is 9.21. The number of rotatable bonds is 7. The van der Waals surface area contributed by atoms with E-state index in [0.29, 0.717) is 6.54 Å². The third-order valence-corrected chi connectivity index (χ3v) is 3.77. The molecule has 6 heteroatoms. The second-order valence-corrected chi connectivity index (χ2v) is 5.09. The van der Waals surface area contributed by atoms with E-state index in [9.17, 15) is 0 Å². The largest absolute Gasteiger partial charge is 0.324 e. The molecule has 0 aromatic carbocycles. The van der Waals surface area contributed by atoms with Crippen LogP contribution in [0.5, 0.6) is 0 Å². The molecule has 0 aliphatic heterocycles. The summed E-state index contributed by atoms with van der Waals surface area (Å²) in [5.41, 5.74) is 5.58. The lowest BCUT2D eigenvalue weighted by molar-refractivity contribution is 0.643. The van der Waals surface area contributed by atoms with E-state index in [2.05, 4.69) is 27.9 Å². The van der Waals surface area contributed by atoms with Gasteiger partial charge in [-0.1, -0.05) is 11.8 Å². The van der Waals surface area contributed by atoms with E-state index in [1.165, 1.54) is 12.2 Å². The Hall–Kier alpha value is -0.200. The summed E-state index contributed by atoms with van der Waals surface area (Å²) in [4.78, 5) is 0. The van der Waals surface area contributed by atoms with Crippen molar-refractivity contribution in [2.24, 2.45) is 5.73 Å². The number of hydrogen-bond acceptors (Lipinski definition) is 5. The Morgan fingerprint density at radius 3 is 2.73 bits per heavy atom. The maximum absolute atomic E-state index is 5.58. The van der Waals surface area contributed by atoms with E-state index in [1.54, 1.807) is 11.8 Å². The molecule has 0 aliphatic rings. The molecule has 15 heavy (non-hydrogen) atoms. The molecule has 0 saturated carbocycles. The Balaban J connectivity index is 2.49. The van der Waals surface area contributed by atoms with Crippen LogP contribution in [-0.2, 0) is 13.1 Å². The molecule has 1 aromatic heterocycles. The molecule has 0 saturated heterocycles. The van der Waals surface area contributed by atoms with Gasteiger partial charge in [0.15, 0.2) is 5.16 Å². The molecule has 1 rings (SSSR count). The van der Waals surface area contributed by atoms with Crippen molar-refractivity contribution in [2.75, 3.05) is 17.8 Å². The zero-order chi connectivity index (χ0) is 11.1. The molecule has 0 fully saturated rings. The lowest BCUT2D eigenvalue weighted by atomic mass is 10.6. The summed E-state index contributed by atoms with van der Waals surface area (Å²) in [6, 6.07) is 0. The molecule has 0 amide bonds. The van der Waals surface area contributed by atoms with Crippen LogP contribution in [0.1, 0.15) is 19.2 Å². The van der Waals surface area contributed by atoms with Crippen LogP contribution in [-0.4, -0.2) is 32.5 Å². The zero-order valence-electron chi connectivity index (χ0n) is 9.27. The number of nitrogens with two attached hydrogens (primary N) is 1. The number of hydrogen-bond donors (Lipinski definition) is 1. The second kappa shape index (κ2) is 7.14. The van der Waals surface area contributed by atoms with Crippen LogP contribution in [0.2, 0.25) is 0 Å². The Morgan fingerprint density at radius 1 is 1.33 bits per heavy atom.